The number of piperidine rings is 1. The van der Waals surface area contributed by atoms with Crippen molar-refractivity contribution in [1.82, 2.24) is 4.90 Å². The zero-order valence-corrected chi connectivity index (χ0v) is 15.9. The minimum Gasteiger partial charge on any atom is -0.443 e. The summed E-state index contributed by atoms with van der Waals surface area (Å²) in [6, 6.07) is 5.06. The standard InChI is InChI=1S/C19H23FN6O3/c20-16-13(11-29-19(28)24-18(22)23)4-3-12(10-21)17(16)25-8-5-14(6-9-25)26-7-1-2-15(26)27/h3-4,14H,1-2,5-9,11H2,(H4,22,23,24,28). The molecule has 0 unspecified atom stereocenters. The van der Waals surface area contributed by atoms with Gasteiger partial charge in [0, 0.05) is 37.7 Å². The van der Waals surface area contributed by atoms with Gasteiger partial charge in [-0.2, -0.15) is 5.26 Å². The van der Waals surface area contributed by atoms with Crippen LogP contribution in [0.2, 0.25) is 0 Å². The van der Waals surface area contributed by atoms with Crippen molar-refractivity contribution in [2.45, 2.75) is 38.3 Å². The molecule has 2 saturated heterocycles. The van der Waals surface area contributed by atoms with Gasteiger partial charge in [-0.3, -0.25) is 4.79 Å². The highest BCUT2D eigenvalue weighted by Gasteiger charge is 2.32. The molecule has 2 aliphatic heterocycles. The number of nitrogens with two attached hydrogens (primary N) is 2. The van der Waals surface area contributed by atoms with Gasteiger partial charge in [0.05, 0.1) is 11.3 Å². The van der Waals surface area contributed by atoms with Crippen LogP contribution in [0.4, 0.5) is 14.9 Å². The van der Waals surface area contributed by atoms with Gasteiger partial charge in [-0.05, 0) is 25.3 Å². The number of ether oxygens (including phenoxy) is 1. The monoisotopic (exact) mass is 402 g/mol. The van der Waals surface area contributed by atoms with Gasteiger partial charge in [-0.15, -0.1) is 4.99 Å². The summed E-state index contributed by atoms with van der Waals surface area (Å²) in [4.78, 5) is 30.4. The number of aliphatic imine (C=N–C) groups is 1. The lowest BCUT2D eigenvalue weighted by Gasteiger charge is -2.38. The number of guanidine groups is 1. The van der Waals surface area contributed by atoms with E-state index in [0.29, 0.717) is 32.4 Å². The molecule has 2 aliphatic rings. The van der Waals surface area contributed by atoms with E-state index in [4.69, 9.17) is 16.2 Å². The summed E-state index contributed by atoms with van der Waals surface area (Å²) in [7, 11) is 0. The third kappa shape index (κ3) is 4.56. The smallest absolute Gasteiger partial charge is 0.437 e. The number of carbonyl (C=O) groups excluding carboxylic acids is 2. The molecule has 9 nitrogen and oxygen atoms in total. The van der Waals surface area contributed by atoms with Crippen LogP contribution in [0.15, 0.2) is 17.1 Å². The van der Waals surface area contributed by atoms with E-state index in [-0.39, 0.29) is 35.4 Å². The lowest BCUT2D eigenvalue weighted by molar-refractivity contribution is -0.130. The maximum absolute atomic E-state index is 15.1. The SMILES string of the molecule is N#Cc1ccc(COC(=O)N=C(N)N)c(F)c1N1CCC(N2CCCC2=O)CC1. The van der Waals surface area contributed by atoms with Crippen molar-refractivity contribution < 1.29 is 18.7 Å². The van der Waals surface area contributed by atoms with Gasteiger partial charge in [0.15, 0.2) is 11.8 Å². The fourth-order valence-electron chi connectivity index (χ4n) is 3.85. The second-order valence-corrected chi connectivity index (χ2v) is 7.05. The molecule has 0 aliphatic carbocycles. The maximum atomic E-state index is 15.1. The minimum atomic E-state index is -1.02. The summed E-state index contributed by atoms with van der Waals surface area (Å²) in [5, 5.41) is 9.41. The van der Waals surface area contributed by atoms with Crippen LogP contribution < -0.4 is 16.4 Å². The molecule has 1 aromatic rings. The molecule has 0 spiro atoms. The van der Waals surface area contributed by atoms with Gasteiger partial charge in [0.1, 0.15) is 12.7 Å². The molecular formula is C19H23FN6O3. The highest BCUT2D eigenvalue weighted by atomic mass is 19.1. The second-order valence-electron chi connectivity index (χ2n) is 7.05. The molecule has 29 heavy (non-hydrogen) atoms. The van der Waals surface area contributed by atoms with Gasteiger partial charge >= 0.3 is 6.09 Å². The number of halogens is 1. The molecule has 0 saturated carbocycles. The predicted octanol–water partition coefficient (Wildman–Crippen LogP) is 1.20. The van der Waals surface area contributed by atoms with Crippen molar-refractivity contribution >= 4 is 23.6 Å². The Bertz CT molecular complexity index is 869. The molecule has 2 amide bonds. The second kappa shape index (κ2) is 8.77. The molecule has 154 valence electrons. The van der Waals surface area contributed by atoms with E-state index in [1.165, 1.54) is 12.1 Å². The molecule has 2 heterocycles. The van der Waals surface area contributed by atoms with E-state index < -0.39 is 17.9 Å². The lowest BCUT2D eigenvalue weighted by Crippen LogP contribution is -2.45. The third-order valence-corrected chi connectivity index (χ3v) is 5.22. The van der Waals surface area contributed by atoms with Crippen molar-refractivity contribution in [2.75, 3.05) is 24.5 Å². The topological polar surface area (TPSA) is 138 Å². The Morgan fingerprint density at radius 3 is 2.62 bits per heavy atom. The Morgan fingerprint density at radius 2 is 2.03 bits per heavy atom. The first-order chi connectivity index (χ1) is 13.9. The molecule has 3 rings (SSSR count). The van der Waals surface area contributed by atoms with Crippen molar-refractivity contribution in [3.63, 3.8) is 0 Å². The number of rotatable bonds is 4. The van der Waals surface area contributed by atoms with Crippen molar-refractivity contribution in [3.05, 3.63) is 29.1 Å². The Kier molecular flexibility index (Phi) is 6.16. The number of benzene rings is 1. The van der Waals surface area contributed by atoms with E-state index in [0.717, 1.165) is 13.0 Å². The lowest BCUT2D eigenvalue weighted by atomic mass is 10.0. The summed E-state index contributed by atoms with van der Waals surface area (Å²) in [5.41, 5.74) is 10.7. The number of hydrogen-bond donors (Lipinski definition) is 2. The number of hydrogen-bond acceptors (Lipinski definition) is 5. The molecule has 4 N–H and O–H groups in total. The van der Waals surface area contributed by atoms with Crippen LogP contribution in [0.25, 0.3) is 0 Å². The van der Waals surface area contributed by atoms with Gasteiger partial charge in [-0.25, -0.2) is 9.18 Å². The van der Waals surface area contributed by atoms with Crippen LogP contribution in [0.1, 0.15) is 36.8 Å². The maximum Gasteiger partial charge on any atom is 0.437 e. The van der Waals surface area contributed by atoms with Crippen LogP contribution >= 0.6 is 0 Å². The van der Waals surface area contributed by atoms with E-state index in [1.54, 1.807) is 0 Å². The summed E-state index contributed by atoms with van der Waals surface area (Å²) in [5.74, 6) is -0.885. The Hall–Kier alpha value is -3.35. The van der Waals surface area contributed by atoms with Gasteiger partial charge in [-0.1, -0.05) is 6.07 Å². The van der Waals surface area contributed by atoms with E-state index in [9.17, 15) is 14.9 Å². The van der Waals surface area contributed by atoms with Crippen LogP contribution in [-0.2, 0) is 16.1 Å². The average molecular weight is 402 g/mol. The molecule has 10 heteroatoms. The van der Waals surface area contributed by atoms with Crippen molar-refractivity contribution in [1.29, 1.82) is 5.26 Å². The van der Waals surface area contributed by atoms with Crippen LogP contribution in [0.5, 0.6) is 0 Å². The first-order valence-corrected chi connectivity index (χ1v) is 9.43. The highest BCUT2D eigenvalue weighted by molar-refractivity contribution is 5.87. The van der Waals surface area contributed by atoms with Gasteiger partial charge < -0.3 is 26.0 Å². The molecular weight excluding hydrogens is 379 g/mol. The number of amides is 2. The molecule has 0 atom stereocenters. The number of carbonyl (C=O) groups is 2. The minimum absolute atomic E-state index is 0.120. The molecule has 0 bridgehead atoms. The third-order valence-electron chi connectivity index (χ3n) is 5.22. The summed E-state index contributed by atoms with van der Waals surface area (Å²) < 4.78 is 20.0. The normalized spacial score (nSPS) is 17.2. The summed E-state index contributed by atoms with van der Waals surface area (Å²) in [6.07, 6.45) is 1.87. The van der Waals surface area contributed by atoms with E-state index in [2.05, 4.69) is 4.99 Å². The summed E-state index contributed by atoms with van der Waals surface area (Å²) in [6.45, 7) is 1.46. The Labute approximate surface area is 167 Å². The largest absolute Gasteiger partial charge is 0.443 e. The zero-order chi connectivity index (χ0) is 21.0. The van der Waals surface area contributed by atoms with Crippen molar-refractivity contribution in [3.8, 4) is 6.07 Å². The van der Waals surface area contributed by atoms with Crippen LogP contribution in [-0.4, -0.2) is 48.5 Å². The van der Waals surface area contributed by atoms with Gasteiger partial charge in [0.2, 0.25) is 5.91 Å². The first kappa shape index (κ1) is 20.4. The number of likely N-dealkylation sites (tertiary alicyclic amines) is 1. The van der Waals surface area contributed by atoms with Crippen LogP contribution in [0, 0.1) is 17.1 Å². The van der Waals surface area contributed by atoms with Gasteiger partial charge in [0.25, 0.3) is 0 Å². The fraction of sp³-hybridized carbons (Fsp3) is 0.474. The molecule has 2 fully saturated rings. The Balaban J connectivity index is 1.73. The van der Waals surface area contributed by atoms with Crippen LogP contribution in [0.3, 0.4) is 0 Å². The van der Waals surface area contributed by atoms with E-state index >= 15 is 4.39 Å². The number of nitrogens with zero attached hydrogens (tertiary/aromatic N) is 4. The molecule has 1 aromatic carbocycles. The van der Waals surface area contributed by atoms with E-state index in [1.807, 2.05) is 15.9 Å². The first-order valence-electron chi connectivity index (χ1n) is 9.43. The number of nitriles is 1. The quantitative estimate of drug-likeness (QED) is 0.570. The average Bonchev–Trinajstić information content (AvgIpc) is 3.12. The predicted molar refractivity (Wildman–Crippen MR) is 103 cm³/mol. The van der Waals surface area contributed by atoms with Crippen molar-refractivity contribution in [2.24, 2.45) is 16.5 Å². The fourth-order valence-corrected chi connectivity index (χ4v) is 3.85. The zero-order valence-electron chi connectivity index (χ0n) is 15.9. The molecule has 0 aromatic heterocycles. The molecule has 0 radical (unpaired) electrons. The highest BCUT2D eigenvalue weighted by Crippen LogP contribution is 2.31. The Morgan fingerprint density at radius 1 is 1.31 bits per heavy atom. The summed E-state index contributed by atoms with van der Waals surface area (Å²) >= 11 is 0. The number of anilines is 1.